The third-order valence-electron chi connectivity index (χ3n) is 4.64. The fourth-order valence-electron chi connectivity index (χ4n) is 3.15. The van der Waals surface area contributed by atoms with Crippen LogP contribution < -0.4 is 9.64 Å². The van der Waals surface area contributed by atoms with Crippen molar-refractivity contribution in [1.82, 2.24) is 4.90 Å². The first kappa shape index (κ1) is 20.8. The second-order valence-electron chi connectivity index (χ2n) is 6.75. The molecule has 1 heterocycles. The Morgan fingerprint density at radius 2 is 1.71 bits per heavy atom. The van der Waals surface area contributed by atoms with E-state index < -0.39 is 17.8 Å². The largest absolute Gasteiger partial charge is 0.491 e. The molecule has 1 fully saturated rings. The molecule has 0 amide bonds. The zero-order chi connectivity index (χ0) is 20.1. The number of rotatable bonds is 6. The number of alkyl halides is 3. The number of hydrogen-bond donors (Lipinski definition) is 1. The van der Waals surface area contributed by atoms with Crippen LogP contribution in [0.2, 0.25) is 5.02 Å². The topological polar surface area (TPSA) is 35.9 Å². The van der Waals surface area contributed by atoms with Gasteiger partial charge in [-0.2, -0.15) is 13.2 Å². The van der Waals surface area contributed by atoms with Crippen LogP contribution in [0.15, 0.2) is 48.5 Å². The van der Waals surface area contributed by atoms with E-state index in [0.29, 0.717) is 11.6 Å². The van der Waals surface area contributed by atoms with Crippen molar-refractivity contribution in [2.75, 3.05) is 44.2 Å². The summed E-state index contributed by atoms with van der Waals surface area (Å²) in [6, 6.07) is 12.4. The third kappa shape index (κ3) is 5.77. The third-order valence-corrected chi connectivity index (χ3v) is 4.89. The summed E-state index contributed by atoms with van der Waals surface area (Å²) in [6.45, 7) is 3.56. The average molecular weight is 415 g/mol. The van der Waals surface area contributed by atoms with Crippen LogP contribution in [0, 0.1) is 0 Å². The minimum Gasteiger partial charge on any atom is -0.491 e. The molecule has 2 aromatic rings. The van der Waals surface area contributed by atoms with Gasteiger partial charge in [-0.05, 0) is 42.5 Å². The number of piperazine rings is 1. The predicted molar refractivity (Wildman–Crippen MR) is 103 cm³/mol. The predicted octanol–water partition coefficient (Wildman–Crippen LogP) is 3.92. The lowest BCUT2D eigenvalue weighted by Gasteiger charge is -2.36. The molecular weight excluding hydrogens is 393 g/mol. The van der Waals surface area contributed by atoms with Crippen LogP contribution in [0.5, 0.6) is 5.75 Å². The van der Waals surface area contributed by atoms with Crippen molar-refractivity contribution in [3.05, 3.63) is 59.1 Å². The summed E-state index contributed by atoms with van der Waals surface area (Å²) in [5.74, 6) is 0.0985. The number of anilines is 1. The number of benzene rings is 2. The van der Waals surface area contributed by atoms with Crippen molar-refractivity contribution < 1.29 is 23.0 Å². The summed E-state index contributed by atoms with van der Waals surface area (Å²) in [7, 11) is 0. The fourth-order valence-corrected chi connectivity index (χ4v) is 3.27. The maximum absolute atomic E-state index is 12.7. The molecule has 0 aromatic heterocycles. The van der Waals surface area contributed by atoms with Crippen LogP contribution in [-0.4, -0.2) is 55.4 Å². The van der Waals surface area contributed by atoms with Crippen LogP contribution in [0.3, 0.4) is 0 Å². The average Bonchev–Trinajstić information content (AvgIpc) is 2.67. The van der Waals surface area contributed by atoms with Crippen LogP contribution >= 0.6 is 11.6 Å². The minimum atomic E-state index is -4.41. The van der Waals surface area contributed by atoms with Crippen LogP contribution in [0.25, 0.3) is 0 Å². The van der Waals surface area contributed by atoms with E-state index in [-0.39, 0.29) is 12.4 Å². The molecule has 1 atom stereocenters. The standard InChI is InChI=1S/C20H22ClF3N2O2/c21-16-4-6-17(7-5-16)26-10-8-25(9-11-26)13-18(27)14-28-19-3-1-2-15(12-19)20(22,23)24/h1-7,12,18,27H,8-11,13-14H2. The molecule has 0 aliphatic carbocycles. The van der Waals surface area contributed by atoms with Gasteiger partial charge in [0, 0.05) is 43.4 Å². The molecule has 3 rings (SSSR count). The van der Waals surface area contributed by atoms with E-state index >= 15 is 0 Å². The maximum Gasteiger partial charge on any atom is 0.416 e. The van der Waals surface area contributed by atoms with Gasteiger partial charge >= 0.3 is 6.18 Å². The molecule has 1 N–H and O–H groups in total. The van der Waals surface area contributed by atoms with E-state index in [2.05, 4.69) is 9.80 Å². The summed E-state index contributed by atoms with van der Waals surface area (Å²) >= 11 is 5.91. The quantitative estimate of drug-likeness (QED) is 0.777. The molecule has 2 aromatic carbocycles. The second kappa shape index (κ2) is 9.03. The molecule has 4 nitrogen and oxygen atoms in total. The van der Waals surface area contributed by atoms with Gasteiger partial charge in [-0.1, -0.05) is 17.7 Å². The Hall–Kier alpha value is -1.96. The van der Waals surface area contributed by atoms with E-state index in [1.807, 2.05) is 24.3 Å². The molecule has 8 heteroatoms. The van der Waals surface area contributed by atoms with Crippen molar-refractivity contribution in [2.45, 2.75) is 12.3 Å². The zero-order valence-corrected chi connectivity index (χ0v) is 16.0. The van der Waals surface area contributed by atoms with Crippen molar-refractivity contribution in [3.63, 3.8) is 0 Å². The molecule has 28 heavy (non-hydrogen) atoms. The monoisotopic (exact) mass is 414 g/mol. The van der Waals surface area contributed by atoms with E-state index in [1.165, 1.54) is 12.1 Å². The van der Waals surface area contributed by atoms with Gasteiger partial charge in [-0.25, -0.2) is 0 Å². The van der Waals surface area contributed by atoms with E-state index in [1.54, 1.807) is 0 Å². The summed E-state index contributed by atoms with van der Waals surface area (Å²) in [4.78, 5) is 4.37. The highest BCUT2D eigenvalue weighted by molar-refractivity contribution is 6.30. The summed E-state index contributed by atoms with van der Waals surface area (Å²) in [5, 5.41) is 10.9. The molecule has 1 unspecified atom stereocenters. The van der Waals surface area contributed by atoms with E-state index in [4.69, 9.17) is 16.3 Å². The molecular formula is C20H22ClF3N2O2. The van der Waals surface area contributed by atoms with Crippen molar-refractivity contribution in [2.24, 2.45) is 0 Å². The zero-order valence-electron chi connectivity index (χ0n) is 15.2. The Balaban J connectivity index is 1.43. The van der Waals surface area contributed by atoms with Gasteiger partial charge < -0.3 is 14.7 Å². The Morgan fingerprint density at radius 3 is 2.36 bits per heavy atom. The summed E-state index contributed by atoms with van der Waals surface area (Å²) in [6.07, 6.45) is -5.20. The summed E-state index contributed by atoms with van der Waals surface area (Å²) in [5.41, 5.74) is 0.343. The molecule has 152 valence electrons. The van der Waals surface area contributed by atoms with Gasteiger partial charge in [0.2, 0.25) is 0 Å². The molecule has 0 bridgehead atoms. The lowest BCUT2D eigenvalue weighted by Crippen LogP contribution is -2.49. The molecule has 0 radical (unpaired) electrons. The number of β-amino-alcohol motifs (C(OH)–C–C–N with tert-alkyl or cyclic N) is 1. The Labute approximate surface area is 167 Å². The number of nitrogens with zero attached hydrogens (tertiary/aromatic N) is 2. The number of aliphatic hydroxyl groups is 1. The number of ether oxygens (including phenoxy) is 1. The lowest BCUT2D eigenvalue weighted by atomic mass is 10.2. The van der Waals surface area contributed by atoms with Crippen LogP contribution in [0.1, 0.15) is 5.56 Å². The Kier molecular flexibility index (Phi) is 6.69. The molecule has 0 saturated carbocycles. The van der Waals surface area contributed by atoms with E-state index in [0.717, 1.165) is 44.0 Å². The number of aliphatic hydroxyl groups excluding tert-OH is 1. The van der Waals surface area contributed by atoms with E-state index in [9.17, 15) is 18.3 Å². The second-order valence-corrected chi connectivity index (χ2v) is 7.19. The first-order valence-corrected chi connectivity index (χ1v) is 9.40. The van der Waals surface area contributed by atoms with Crippen LogP contribution in [0.4, 0.5) is 18.9 Å². The smallest absolute Gasteiger partial charge is 0.416 e. The Morgan fingerprint density at radius 1 is 1.04 bits per heavy atom. The number of halogens is 4. The summed E-state index contributed by atoms with van der Waals surface area (Å²) < 4.78 is 43.5. The number of hydrogen-bond acceptors (Lipinski definition) is 4. The first-order chi connectivity index (χ1) is 13.3. The van der Waals surface area contributed by atoms with Gasteiger partial charge in [-0.3, -0.25) is 4.90 Å². The highest BCUT2D eigenvalue weighted by atomic mass is 35.5. The molecule has 0 spiro atoms. The molecule has 1 aliphatic rings. The van der Waals surface area contributed by atoms with Gasteiger partial charge in [0.1, 0.15) is 18.5 Å². The van der Waals surface area contributed by atoms with Crippen molar-refractivity contribution >= 4 is 17.3 Å². The van der Waals surface area contributed by atoms with Crippen molar-refractivity contribution in [1.29, 1.82) is 0 Å². The first-order valence-electron chi connectivity index (χ1n) is 9.02. The fraction of sp³-hybridized carbons (Fsp3) is 0.400. The minimum absolute atomic E-state index is 0.0568. The SMILES string of the molecule is OC(COc1cccc(C(F)(F)F)c1)CN1CCN(c2ccc(Cl)cc2)CC1. The van der Waals surface area contributed by atoms with Gasteiger partial charge in [0.25, 0.3) is 0 Å². The van der Waals surface area contributed by atoms with Gasteiger partial charge in [-0.15, -0.1) is 0 Å². The lowest BCUT2D eigenvalue weighted by molar-refractivity contribution is -0.137. The molecule has 1 saturated heterocycles. The van der Waals surface area contributed by atoms with Crippen LogP contribution in [-0.2, 0) is 6.18 Å². The molecule has 1 aliphatic heterocycles. The normalized spacial score (nSPS) is 16.8. The highest BCUT2D eigenvalue weighted by Gasteiger charge is 2.30. The van der Waals surface area contributed by atoms with Crippen molar-refractivity contribution in [3.8, 4) is 5.75 Å². The highest BCUT2D eigenvalue weighted by Crippen LogP contribution is 2.31. The van der Waals surface area contributed by atoms with Gasteiger partial charge in [0.15, 0.2) is 0 Å². The van der Waals surface area contributed by atoms with Gasteiger partial charge in [0.05, 0.1) is 5.56 Å². The maximum atomic E-state index is 12.7. The Bertz CT molecular complexity index is 763.